The van der Waals surface area contributed by atoms with Gasteiger partial charge in [0.15, 0.2) is 11.5 Å². The highest BCUT2D eigenvalue weighted by molar-refractivity contribution is 7.93. The number of nitriles is 1. The average Bonchev–Trinajstić information content (AvgIpc) is 3.38. The Morgan fingerprint density at radius 3 is 2.81 bits per heavy atom. The van der Waals surface area contributed by atoms with Gasteiger partial charge in [0.25, 0.3) is 10.0 Å². The Balaban J connectivity index is 1.63. The van der Waals surface area contributed by atoms with E-state index in [-0.39, 0.29) is 17.2 Å². The summed E-state index contributed by atoms with van der Waals surface area (Å²) in [4.78, 5) is 6.18. The molecule has 0 radical (unpaired) electrons. The van der Waals surface area contributed by atoms with Gasteiger partial charge in [0.2, 0.25) is 0 Å². The van der Waals surface area contributed by atoms with Crippen LogP contribution in [0.1, 0.15) is 10.8 Å². The minimum absolute atomic E-state index is 0.0862. The lowest BCUT2D eigenvalue weighted by Crippen LogP contribution is -2.38. The van der Waals surface area contributed by atoms with Gasteiger partial charge in [-0.2, -0.15) is 5.26 Å². The summed E-state index contributed by atoms with van der Waals surface area (Å²) < 4.78 is 46.5. The smallest absolute Gasteiger partial charge is 0.264 e. The Bertz CT molecular complexity index is 1510. The molecule has 0 fully saturated rings. The molecule has 0 N–H and O–H groups in total. The van der Waals surface area contributed by atoms with E-state index in [1.807, 2.05) is 12.1 Å². The number of rotatable bonds is 3. The van der Waals surface area contributed by atoms with Crippen LogP contribution in [0.5, 0.6) is 0 Å². The number of hydrogen-bond donors (Lipinski definition) is 0. The molecule has 2 aromatic heterocycles. The van der Waals surface area contributed by atoms with Gasteiger partial charge in [-0.05, 0) is 42.0 Å². The third kappa shape index (κ3) is 3.35. The second kappa shape index (κ2) is 7.30. The summed E-state index contributed by atoms with van der Waals surface area (Å²) in [7, 11) is -5.21. The van der Waals surface area contributed by atoms with Crippen molar-refractivity contribution >= 4 is 48.9 Å². The third-order valence-electron chi connectivity index (χ3n) is 5.01. The number of oxazole rings is 1. The minimum Gasteiger partial charge on any atom is -0.441 e. The number of anilines is 1. The summed E-state index contributed by atoms with van der Waals surface area (Å²) in [5.41, 5.74) is 2.15. The molecular weight excluding hydrogens is 454 g/mol. The summed E-state index contributed by atoms with van der Waals surface area (Å²) in [5, 5.41) is 9.10. The van der Waals surface area contributed by atoms with E-state index in [0.29, 0.717) is 32.5 Å². The highest BCUT2D eigenvalue weighted by Crippen LogP contribution is 2.38. The van der Waals surface area contributed by atoms with E-state index < -0.39 is 20.8 Å². The fourth-order valence-corrected chi connectivity index (χ4v) is 7.22. The molecule has 31 heavy (non-hydrogen) atoms. The van der Waals surface area contributed by atoms with Crippen molar-refractivity contribution in [3.8, 4) is 16.5 Å². The van der Waals surface area contributed by atoms with Crippen molar-refractivity contribution in [3.05, 3.63) is 59.3 Å². The Morgan fingerprint density at radius 1 is 1.19 bits per heavy atom. The fraction of sp³-hybridized carbons (Fsp3) is 0.143. The number of aromatic nitrogens is 1. The maximum atomic E-state index is 13.5. The van der Waals surface area contributed by atoms with Gasteiger partial charge in [-0.1, -0.05) is 6.07 Å². The molecule has 7 nitrogen and oxygen atoms in total. The SMILES string of the molecule is Cc1nc2ccc(S(=O)(=O)N3CCS(=O)c4ccc(-c5ccc(C#N)s5)cc43)cc2o1. The number of benzene rings is 2. The fourth-order valence-electron chi connectivity index (χ4n) is 3.56. The number of aryl methyl sites for hydroxylation is 1. The molecule has 0 saturated carbocycles. The normalized spacial score (nSPS) is 16.3. The van der Waals surface area contributed by atoms with E-state index >= 15 is 0 Å². The molecule has 2 aromatic carbocycles. The van der Waals surface area contributed by atoms with Crippen LogP contribution in [-0.2, 0) is 20.8 Å². The second-order valence-corrected chi connectivity index (χ2v) is 11.4. The average molecular weight is 470 g/mol. The largest absolute Gasteiger partial charge is 0.441 e. The van der Waals surface area contributed by atoms with Gasteiger partial charge < -0.3 is 4.42 Å². The molecule has 156 valence electrons. The number of fused-ring (bicyclic) bond motifs is 2. The van der Waals surface area contributed by atoms with E-state index in [9.17, 15) is 12.6 Å². The van der Waals surface area contributed by atoms with Crippen molar-refractivity contribution in [1.29, 1.82) is 5.26 Å². The zero-order valence-corrected chi connectivity index (χ0v) is 18.7. The summed E-state index contributed by atoms with van der Waals surface area (Å²) in [6, 6.07) is 15.5. The van der Waals surface area contributed by atoms with Crippen molar-refractivity contribution in [2.45, 2.75) is 16.7 Å². The van der Waals surface area contributed by atoms with Crippen molar-refractivity contribution in [2.24, 2.45) is 0 Å². The first kappa shape index (κ1) is 19.9. The summed E-state index contributed by atoms with van der Waals surface area (Å²) in [6.45, 7) is 1.81. The molecule has 3 heterocycles. The van der Waals surface area contributed by atoms with E-state index in [1.54, 1.807) is 31.2 Å². The second-order valence-electron chi connectivity index (χ2n) is 6.95. The van der Waals surface area contributed by atoms with Gasteiger partial charge in [-0.3, -0.25) is 8.51 Å². The lowest BCUT2D eigenvalue weighted by molar-refractivity contribution is 0.559. The van der Waals surface area contributed by atoms with Gasteiger partial charge in [-0.25, -0.2) is 13.4 Å². The van der Waals surface area contributed by atoms with Crippen LogP contribution >= 0.6 is 11.3 Å². The molecule has 0 aliphatic carbocycles. The van der Waals surface area contributed by atoms with Crippen molar-refractivity contribution in [2.75, 3.05) is 16.6 Å². The molecule has 5 rings (SSSR count). The number of hydrogen-bond acceptors (Lipinski definition) is 7. The van der Waals surface area contributed by atoms with Crippen molar-refractivity contribution < 1.29 is 17.0 Å². The van der Waals surface area contributed by atoms with Crippen LogP contribution in [-0.4, -0.2) is 29.9 Å². The predicted octanol–water partition coefficient (Wildman–Crippen LogP) is 4.05. The first-order valence-corrected chi connectivity index (χ1v) is 12.9. The highest BCUT2D eigenvalue weighted by Gasteiger charge is 2.32. The molecule has 0 bridgehead atoms. The van der Waals surface area contributed by atoms with Crippen LogP contribution in [0, 0.1) is 18.3 Å². The number of nitrogens with zero attached hydrogens (tertiary/aromatic N) is 3. The van der Waals surface area contributed by atoms with Crippen LogP contribution in [0.2, 0.25) is 0 Å². The van der Waals surface area contributed by atoms with Gasteiger partial charge in [0.1, 0.15) is 16.5 Å². The molecular formula is C21H15N3O4S3. The summed E-state index contributed by atoms with van der Waals surface area (Å²) >= 11 is 1.32. The topological polar surface area (TPSA) is 104 Å². The van der Waals surface area contributed by atoms with Crippen LogP contribution in [0.25, 0.3) is 21.5 Å². The monoisotopic (exact) mass is 469 g/mol. The van der Waals surface area contributed by atoms with E-state index in [2.05, 4.69) is 11.1 Å². The number of sulfonamides is 1. The number of thiophene rings is 1. The first-order valence-electron chi connectivity index (χ1n) is 9.29. The molecule has 1 aliphatic rings. The summed E-state index contributed by atoms with van der Waals surface area (Å²) in [5.74, 6) is 0.674. The van der Waals surface area contributed by atoms with Crippen LogP contribution in [0.4, 0.5) is 5.69 Å². The molecule has 0 amide bonds. The highest BCUT2D eigenvalue weighted by atomic mass is 32.2. The molecule has 1 aliphatic heterocycles. The Morgan fingerprint density at radius 2 is 2.03 bits per heavy atom. The Kier molecular flexibility index (Phi) is 4.69. The van der Waals surface area contributed by atoms with Crippen LogP contribution in [0.15, 0.2) is 62.7 Å². The van der Waals surface area contributed by atoms with E-state index in [1.165, 1.54) is 27.8 Å². The van der Waals surface area contributed by atoms with Crippen LogP contribution < -0.4 is 4.31 Å². The van der Waals surface area contributed by atoms with Gasteiger partial charge in [0.05, 0.1) is 26.3 Å². The quantitative estimate of drug-likeness (QED) is 0.448. The summed E-state index contributed by atoms with van der Waals surface area (Å²) in [6.07, 6.45) is 0. The maximum absolute atomic E-state index is 13.5. The van der Waals surface area contributed by atoms with E-state index in [0.717, 1.165) is 10.4 Å². The van der Waals surface area contributed by atoms with Crippen molar-refractivity contribution in [3.63, 3.8) is 0 Å². The lowest BCUT2D eigenvalue weighted by Gasteiger charge is -2.30. The molecule has 0 saturated heterocycles. The maximum Gasteiger partial charge on any atom is 0.264 e. The molecule has 1 atom stereocenters. The van der Waals surface area contributed by atoms with E-state index in [4.69, 9.17) is 9.68 Å². The van der Waals surface area contributed by atoms with Crippen molar-refractivity contribution in [1.82, 2.24) is 4.98 Å². The van der Waals surface area contributed by atoms with Gasteiger partial charge >= 0.3 is 0 Å². The first-order chi connectivity index (χ1) is 14.9. The Labute approximate surface area is 185 Å². The lowest BCUT2D eigenvalue weighted by atomic mass is 10.1. The Hall–Kier alpha value is -3.00. The van der Waals surface area contributed by atoms with Crippen LogP contribution in [0.3, 0.4) is 0 Å². The standard InChI is InChI=1S/C21H15N3O4S3/c1-13-23-17-5-4-16(11-19(17)28-13)31(26,27)24-8-9-30(25)21-7-2-14(10-18(21)24)20-6-3-15(12-22)29-20/h2-7,10-11H,8-9H2,1H3. The molecule has 10 heteroatoms. The van der Waals surface area contributed by atoms with Gasteiger partial charge in [-0.15, -0.1) is 11.3 Å². The molecule has 4 aromatic rings. The zero-order valence-electron chi connectivity index (χ0n) is 16.2. The third-order valence-corrected chi connectivity index (χ3v) is 9.25. The molecule has 0 spiro atoms. The molecule has 1 unspecified atom stereocenters. The van der Waals surface area contributed by atoms with Gasteiger partial charge in [0, 0.05) is 30.2 Å². The minimum atomic E-state index is -3.92. The zero-order chi connectivity index (χ0) is 21.8. The predicted molar refractivity (Wildman–Crippen MR) is 119 cm³/mol.